The van der Waals surface area contributed by atoms with Crippen LogP contribution in [0.3, 0.4) is 0 Å². The molecule has 1 aromatic heterocycles. The molecular weight excluding hydrogens is 284 g/mol. The number of imidazole rings is 1. The lowest BCUT2D eigenvalue weighted by atomic mass is 9.80. The standard InChI is InChI=1S/C20H22N2O/c1-14(2)20(23,19-12-21-13-22-19)17-9-6-8-16(11-17)18-10-5-4-7-15(18)3/h4-14,23H,1-3H3,(H,21,22). The molecule has 0 bridgehead atoms. The molecule has 0 amide bonds. The average molecular weight is 306 g/mol. The maximum Gasteiger partial charge on any atom is 0.135 e. The minimum Gasteiger partial charge on any atom is -0.378 e. The topological polar surface area (TPSA) is 48.9 Å². The number of aromatic amines is 1. The number of nitrogens with one attached hydrogen (secondary N) is 1. The third-order valence-corrected chi connectivity index (χ3v) is 4.48. The Balaban J connectivity index is 2.14. The molecule has 1 unspecified atom stereocenters. The maximum atomic E-state index is 11.4. The Kier molecular flexibility index (Phi) is 4.05. The van der Waals surface area contributed by atoms with E-state index in [0.29, 0.717) is 5.69 Å². The zero-order chi connectivity index (χ0) is 16.4. The number of nitrogens with zero attached hydrogens (tertiary/aromatic N) is 1. The second kappa shape index (κ2) is 6.01. The van der Waals surface area contributed by atoms with Crippen molar-refractivity contribution >= 4 is 0 Å². The summed E-state index contributed by atoms with van der Waals surface area (Å²) < 4.78 is 0. The lowest BCUT2D eigenvalue weighted by molar-refractivity contribution is 0.0280. The molecule has 1 atom stereocenters. The molecule has 0 aliphatic heterocycles. The van der Waals surface area contributed by atoms with E-state index in [4.69, 9.17) is 0 Å². The van der Waals surface area contributed by atoms with Crippen molar-refractivity contribution in [2.24, 2.45) is 5.92 Å². The van der Waals surface area contributed by atoms with Crippen molar-refractivity contribution in [1.29, 1.82) is 0 Å². The summed E-state index contributed by atoms with van der Waals surface area (Å²) in [5, 5.41) is 11.4. The Morgan fingerprint density at radius 2 is 1.87 bits per heavy atom. The maximum absolute atomic E-state index is 11.4. The fourth-order valence-corrected chi connectivity index (χ4v) is 3.07. The van der Waals surface area contributed by atoms with Gasteiger partial charge in [0.15, 0.2) is 0 Å². The van der Waals surface area contributed by atoms with E-state index in [9.17, 15) is 5.11 Å². The van der Waals surface area contributed by atoms with Crippen molar-refractivity contribution in [3.63, 3.8) is 0 Å². The summed E-state index contributed by atoms with van der Waals surface area (Å²) in [6.07, 6.45) is 3.37. The quantitative estimate of drug-likeness (QED) is 0.756. The van der Waals surface area contributed by atoms with E-state index >= 15 is 0 Å². The van der Waals surface area contributed by atoms with Crippen molar-refractivity contribution in [1.82, 2.24) is 9.97 Å². The molecule has 0 aliphatic rings. The van der Waals surface area contributed by atoms with E-state index in [1.54, 1.807) is 12.5 Å². The van der Waals surface area contributed by atoms with Crippen LogP contribution in [0.2, 0.25) is 0 Å². The predicted octanol–water partition coefficient (Wildman–Crippen LogP) is 4.28. The molecular formula is C20H22N2O. The number of hydrogen-bond donors (Lipinski definition) is 2. The molecule has 0 radical (unpaired) electrons. The summed E-state index contributed by atoms with van der Waals surface area (Å²) in [5.74, 6) is -0.00193. The molecule has 0 saturated heterocycles. The van der Waals surface area contributed by atoms with Gasteiger partial charge in [-0.2, -0.15) is 0 Å². The van der Waals surface area contributed by atoms with Crippen LogP contribution in [0.1, 0.15) is 30.7 Å². The van der Waals surface area contributed by atoms with Gasteiger partial charge in [0.25, 0.3) is 0 Å². The molecule has 23 heavy (non-hydrogen) atoms. The van der Waals surface area contributed by atoms with Crippen molar-refractivity contribution in [2.45, 2.75) is 26.4 Å². The summed E-state index contributed by atoms with van der Waals surface area (Å²) in [6.45, 7) is 6.12. The van der Waals surface area contributed by atoms with E-state index in [2.05, 4.69) is 41.2 Å². The summed E-state index contributed by atoms with van der Waals surface area (Å²) in [5.41, 5.74) is 3.91. The number of hydrogen-bond acceptors (Lipinski definition) is 2. The molecule has 0 aliphatic carbocycles. The lowest BCUT2D eigenvalue weighted by Gasteiger charge is -2.31. The van der Waals surface area contributed by atoms with Crippen LogP contribution in [0.15, 0.2) is 61.1 Å². The van der Waals surface area contributed by atoms with Crippen LogP contribution in [0, 0.1) is 12.8 Å². The summed E-state index contributed by atoms with van der Waals surface area (Å²) in [7, 11) is 0. The molecule has 3 rings (SSSR count). The highest BCUT2D eigenvalue weighted by Gasteiger charge is 2.37. The number of aliphatic hydroxyl groups is 1. The number of benzene rings is 2. The normalized spacial score (nSPS) is 14.0. The van der Waals surface area contributed by atoms with Gasteiger partial charge in [-0.25, -0.2) is 4.98 Å². The molecule has 2 N–H and O–H groups in total. The molecule has 118 valence electrons. The Labute approximate surface area is 137 Å². The third kappa shape index (κ3) is 2.68. The molecule has 0 fully saturated rings. The number of aryl methyl sites for hydroxylation is 1. The van der Waals surface area contributed by atoms with Crippen LogP contribution < -0.4 is 0 Å². The molecule has 1 heterocycles. The van der Waals surface area contributed by atoms with Gasteiger partial charge in [0, 0.05) is 6.20 Å². The lowest BCUT2D eigenvalue weighted by Crippen LogP contribution is -2.33. The van der Waals surface area contributed by atoms with Gasteiger partial charge < -0.3 is 10.1 Å². The second-order valence-corrected chi connectivity index (χ2v) is 6.27. The highest BCUT2D eigenvalue weighted by atomic mass is 16.3. The first kappa shape index (κ1) is 15.5. The number of rotatable bonds is 4. The summed E-state index contributed by atoms with van der Waals surface area (Å²) >= 11 is 0. The van der Waals surface area contributed by atoms with Gasteiger partial charge in [-0.1, -0.05) is 56.3 Å². The molecule has 0 spiro atoms. The fourth-order valence-electron chi connectivity index (χ4n) is 3.07. The van der Waals surface area contributed by atoms with Gasteiger partial charge in [0.2, 0.25) is 0 Å². The minimum absolute atomic E-state index is 0.00193. The zero-order valence-electron chi connectivity index (χ0n) is 13.7. The third-order valence-electron chi connectivity index (χ3n) is 4.48. The van der Waals surface area contributed by atoms with Gasteiger partial charge in [-0.15, -0.1) is 0 Å². The van der Waals surface area contributed by atoms with Crippen molar-refractivity contribution < 1.29 is 5.11 Å². The van der Waals surface area contributed by atoms with E-state index in [1.165, 1.54) is 11.1 Å². The van der Waals surface area contributed by atoms with Crippen LogP contribution in [-0.2, 0) is 5.60 Å². The highest BCUT2D eigenvalue weighted by molar-refractivity contribution is 5.68. The molecule has 3 heteroatoms. The fraction of sp³-hybridized carbons (Fsp3) is 0.250. The monoisotopic (exact) mass is 306 g/mol. The first-order chi connectivity index (χ1) is 11.0. The minimum atomic E-state index is -1.11. The average Bonchev–Trinajstić information content (AvgIpc) is 3.09. The Morgan fingerprint density at radius 3 is 2.52 bits per heavy atom. The SMILES string of the molecule is Cc1ccccc1-c1cccc(C(O)(c2c[nH]cn2)C(C)C)c1. The van der Waals surface area contributed by atoms with Gasteiger partial charge in [-0.3, -0.25) is 0 Å². The van der Waals surface area contributed by atoms with Gasteiger partial charge in [-0.05, 0) is 41.2 Å². The van der Waals surface area contributed by atoms with Crippen molar-refractivity contribution in [3.05, 3.63) is 77.9 Å². The van der Waals surface area contributed by atoms with Gasteiger partial charge in [0.1, 0.15) is 5.60 Å². The molecule has 3 nitrogen and oxygen atoms in total. The van der Waals surface area contributed by atoms with Crippen LogP contribution in [-0.4, -0.2) is 15.1 Å². The van der Waals surface area contributed by atoms with Gasteiger partial charge in [0.05, 0.1) is 12.0 Å². The Bertz CT molecular complexity index is 793. The van der Waals surface area contributed by atoms with E-state index in [1.807, 2.05) is 38.1 Å². The van der Waals surface area contributed by atoms with E-state index in [-0.39, 0.29) is 5.92 Å². The predicted molar refractivity (Wildman–Crippen MR) is 93.0 cm³/mol. The zero-order valence-corrected chi connectivity index (χ0v) is 13.7. The first-order valence-electron chi connectivity index (χ1n) is 7.91. The van der Waals surface area contributed by atoms with Crippen LogP contribution in [0.25, 0.3) is 11.1 Å². The Morgan fingerprint density at radius 1 is 1.09 bits per heavy atom. The highest BCUT2D eigenvalue weighted by Crippen LogP contribution is 2.37. The number of H-pyrrole nitrogens is 1. The molecule has 2 aromatic carbocycles. The van der Waals surface area contributed by atoms with Crippen molar-refractivity contribution in [2.75, 3.05) is 0 Å². The second-order valence-electron chi connectivity index (χ2n) is 6.27. The largest absolute Gasteiger partial charge is 0.378 e. The summed E-state index contributed by atoms with van der Waals surface area (Å²) in [4.78, 5) is 7.24. The summed E-state index contributed by atoms with van der Waals surface area (Å²) in [6, 6.07) is 16.4. The van der Waals surface area contributed by atoms with Crippen LogP contribution >= 0.6 is 0 Å². The smallest absolute Gasteiger partial charge is 0.135 e. The van der Waals surface area contributed by atoms with Crippen LogP contribution in [0.4, 0.5) is 0 Å². The number of aromatic nitrogens is 2. The first-order valence-corrected chi connectivity index (χ1v) is 7.91. The Hall–Kier alpha value is -2.39. The molecule has 0 saturated carbocycles. The van der Waals surface area contributed by atoms with Crippen molar-refractivity contribution in [3.8, 4) is 11.1 Å². The van der Waals surface area contributed by atoms with Crippen LogP contribution in [0.5, 0.6) is 0 Å². The van der Waals surface area contributed by atoms with Gasteiger partial charge >= 0.3 is 0 Å². The van der Waals surface area contributed by atoms with E-state index in [0.717, 1.165) is 11.1 Å². The van der Waals surface area contributed by atoms with E-state index < -0.39 is 5.60 Å². The molecule has 3 aromatic rings.